The van der Waals surface area contributed by atoms with Crippen LogP contribution in [0.4, 0.5) is 5.69 Å². The minimum Gasteiger partial charge on any atom is -0.344 e. The minimum absolute atomic E-state index is 0.0118. The van der Waals surface area contributed by atoms with E-state index >= 15 is 0 Å². The molecule has 1 rings (SSSR count). The molecule has 0 saturated heterocycles. The molecule has 0 bridgehead atoms. The number of nitrogens with zero attached hydrogens (tertiary/aromatic N) is 1. The first kappa shape index (κ1) is 18.1. The summed E-state index contributed by atoms with van der Waals surface area (Å²) in [4.78, 5) is 24.5. The van der Waals surface area contributed by atoms with Crippen LogP contribution < -0.4 is 10.6 Å². The van der Waals surface area contributed by atoms with Crippen molar-refractivity contribution in [2.45, 2.75) is 38.1 Å². The predicted octanol–water partition coefficient (Wildman–Crippen LogP) is 2.79. The van der Waals surface area contributed by atoms with Crippen LogP contribution in [0.5, 0.6) is 0 Å². The molecule has 0 aromatic heterocycles. The van der Waals surface area contributed by atoms with Crippen LogP contribution in [0.2, 0.25) is 0 Å². The Morgan fingerprint density at radius 3 is 2.59 bits per heavy atom. The number of carbonyl (C=O) groups is 2. The molecule has 22 heavy (non-hydrogen) atoms. The van der Waals surface area contributed by atoms with Crippen LogP contribution >= 0.6 is 11.8 Å². The molecule has 6 heteroatoms. The fourth-order valence-electron chi connectivity index (χ4n) is 1.87. The average Bonchev–Trinajstić information content (AvgIpc) is 2.46. The van der Waals surface area contributed by atoms with Gasteiger partial charge in [-0.2, -0.15) is 5.26 Å². The van der Waals surface area contributed by atoms with E-state index in [9.17, 15) is 9.59 Å². The van der Waals surface area contributed by atoms with E-state index in [0.29, 0.717) is 17.9 Å². The Kier molecular flexibility index (Phi) is 7.47. The minimum atomic E-state index is -0.574. The molecule has 0 aliphatic rings. The van der Waals surface area contributed by atoms with Crippen LogP contribution in [-0.4, -0.2) is 23.6 Å². The number of nitrogens with one attached hydrogen (secondary N) is 2. The molecule has 0 fully saturated rings. The largest absolute Gasteiger partial charge is 0.344 e. The van der Waals surface area contributed by atoms with E-state index in [-0.39, 0.29) is 17.7 Å². The van der Waals surface area contributed by atoms with Crippen LogP contribution in [0.25, 0.3) is 0 Å². The van der Waals surface area contributed by atoms with Crippen molar-refractivity contribution in [2.75, 3.05) is 11.1 Å². The van der Waals surface area contributed by atoms with Crippen molar-refractivity contribution in [3.63, 3.8) is 0 Å². The maximum absolute atomic E-state index is 12.4. The molecule has 0 heterocycles. The molecule has 1 aromatic rings. The average molecular weight is 319 g/mol. The second-order valence-corrected chi connectivity index (χ2v) is 6.30. The van der Waals surface area contributed by atoms with Crippen molar-refractivity contribution < 1.29 is 9.59 Å². The summed E-state index contributed by atoms with van der Waals surface area (Å²) >= 11 is 1.52. The second kappa shape index (κ2) is 9.11. The summed E-state index contributed by atoms with van der Waals surface area (Å²) in [5, 5.41) is 14.1. The van der Waals surface area contributed by atoms with Crippen molar-refractivity contribution in [1.29, 1.82) is 5.26 Å². The molecule has 1 atom stereocenters. The van der Waals surface area contributed by atoms with Gasteiger partial charge in [-0.15, -0.1) is 11.8 Å². The third kappa shape index (κ3) is 5.78. The molecule has 5 nitrogen and oxygen atoms in total. The van der Waals surface area contributed by atoms with Gasteiger partial charge in [0, 0.05) is 24.0 Å². The first-order chi connectivity index (χ1) is 10.5. The van der Waals surface area contributed by atoms with Gasteiger partial charge >= 0.3 is 0 Å². The fraction of sp³-hybridized carbons (Fsp3) is 0.438. The summed E-state index contributed by atoms with van der Waals surface area (Å²) in [5.74, 6) is 0.189. The smallest absolute Gasteiger partial charge is 0.247 e. The summed E-state index contributed by atoms with van der Waals surface area (Å²) in [6.07, 6.45) is 0.452. The van der Waals surface area contributed by atoms with Crippen molar-refractivity contribution in [2.24, 2.45) is 5.92 Å². The number of thioether (sulfide) groups is 1. The molecular formula is C16H21N3O2S. The third-order valence-electron chi connectivity index (χ3n) is 2.92. The van der Waals surface area contributed by atoms with Crippen LogP contribution in [0, 0.1) is 17.2 Å². The SMILES string of the molecule is CC(=O)NC(C(=O)Nc1ccccc1SCCC#N)C(C)C. The van der Waals surface area contributed by atoms with Crippen molar-refractivity contribution >= 4 is 29.3 Å². The Hall–Kier alpha value is -2.00. The first-order valence-corrected chi connectivity index (χ1v) is 8.11. The Morgan fingerprint density at radius 2 is 2.00 bits per heavy atom. The highest BCUT2D eigenvalue weighted by Crippen LogP contribution is 2.27. The number of nitriles is 1. The topological polar surface area (TPSA) is 82.0 Å². The van der Waals surface area contributed by atoms with E-state index in [2.05, 4.69) is 16.7 Å². The van der Waals surface area contributed by atoms with Crippen LogP contribution in [-0.2, 0) is 9.59 Å². The number of amides is 2. The van der Waals surface area contributed by atoms with Crippen molar-refractivity contribution in [3.05, 3.63) is 24.3 Å². The molecule has 118 valence electrons. The maximum Gasteiger partial charge on any atom is 0.247 e. The molecule has 0 spiro atoms. The van der Waals surface area contributed by atoms with Gasteiger partial charge in [0.25, 0.3) is 0 Å². The normalized spacial score (nSPS) is 11.6. The Bertz CT molecular complexity index is 567. The molecule has 1 aromatic carbocycles. The van der Waals surface area contributed by atoms with Gasteiger partial charge in [0.05, 0.1) is 11.8 Å². The summed E-state index contributed by atoms with van der Waals surface area (Å²) in [6.45, 7) is 5.16. The van der Waals surface area contributed by atoms with Crippen LogP contribution in [0.15, 0.2) is 29.2 Å². The lowest BCUT2D eigenvalue weighted by atomic mass is 10.0. The summed E-state index contributed by atoms with van der Waals surface area (Å²) in [7, 11) is 0. The van der Waals surface area contributed by atoms with E-state index in [0.717, 1.165) is 4.90 Å². The highest BCUT2D eigenvalue weighted by atomic mass is 32.2. The molecule has 0 radical (unpaired) electrons. The highest BCUT2D eigenvalue weighted by Gasteiger charge is 2.23. The molecule has 1 unspecified atom stereocenters. The number of anilines is 1. The molecule has 0 aliphatic heterocycles. The number of para-hydroxylation sites is 1. The zero-order valence-electron chi connectivity index (χ0n) is 13.1. The number of benzene rings is 1. The van der Waals surface area contributed by atoms with Crippen LogP contribution in [0.3, 0.4) is 0 Å². The standard InChI is InChI=1S/C16H21N3O2S/c1-11(2)15(18-12(3)20)16(21)19-13-7-4-5-8-14(13)22-10-6-9-17/h4-5,7-8,11,15H,6,10H2,1-3H3,(H,18,20)(H,19,21). The maximum atomic E-state index is 12.4. The Balaban J connectivity index is 2.82. The van der Waals surface area contributed by atoms with Gasteiger partial charge in [-0.3, -0.25) is 9.59 Å². The molecule has 2 N–H and O–H groups in total. The lowest BCUT2D eigenvalue weighted by Gasteiger charge is -2.21. The van der Waals surface area contributed by atoms with Crippen molar-refractivity contribution in [1.82, 2.24) is 5.32 Å². The van der Waals surface area contributed by atoms with Gasteiger partial charge in [0.15, 0.2) is 0 Å². The van der Waals surface area contributed by atoms with Crippen molar-refractivity contribution in [3.8, 4) is 6.07 Å². The zero-order chi connectivity index (χ0) is 16.5. The van der Waals surface area contributed by atoms with Crippen LogP contribution in [0.1, 0.15) is 27.2 Å². The third-order valence-corrected chi connectivity index (χ3v) is 4.00. The number of hydrogen-bond acceptors (Lipinski definition) is 4. The van der Waals surface area contributed by atoms with Gasteiger partial charge in [-0.05, 0) is 18.1 Å². The first-order valence-electron chi connectivity index (χ1n) is 7.12. The van der Waals surface area contributed by atoms with Gasteiger partial charge in [0.2, 0.25) is 11.8 Å². The van der Waals surface area contributed by atoms with E-state index in [1.165, 1.54) is 18.7 Å². The molecule has 0 saturated carbocycles. The van der Waals surface area contributed by atoms with E-state index in [1.54, 1.807) is 0 Å². The highest BCUT2D eigenvalue weighted by molar-refractivity contribution is 7.99. The Morgan fingerprint density at radius 1 is 1.32 bits per heavy atom. The molecule has 0 aliphatic carbocycles. The van der Waals surface area contributed by atoms with Gasteiger partial charge < -0.3 is 10.6 Å². The molecule has 2 amide bonds. The second-order valence-electron chi connectivity index (χ2n) is 5.16. The monoisotopic (exact) mass is 319 g/mol. The van der Waals surface area contributed by atoms with Gasteiger partial charge in [-0.25, -0.2) is 0 Å². The van der Waals surface area contributed by atoms with E-state index < -0.39 is 6.04 Å². The van der Waals surface area contributed by atoms with E-state index in [1.807, 2.05) is 38.1 Å². The fourth-order valence-corrected chi connectivity index (χ4v) is 2.73. The number of rotatable bonds is 7. The lowest BCUT2D eigenvalue weighted by molar-refractivity contribution is -0.126. The Labute approximate surface area is 135 Å². The lowest BCUT2D eigenvalue weighted by Crippen LogP contribution is -2.46. The number of carbonyl (C=O) groups excluding carboxylic acids is 2. The summed E-state index contributed by atoms with van der Waals surface area (Å²) < 4.78 is 0. The summed E-state index contributed by atoms with van der Waals surface area (Å²) in [5.41, 5.74) is 0.700. The van der Waals surface area contributed by atoms with E-state index in [4.69, 9.17) is 5.26 Å². The predicted molar refractivity (Wildman–Crippen MR) is 88.5 cm³/mol. The summed E-state index contributed by atoms with van der Waals surface area (Å²) in [6, 6.07) is 8.97. The number of hydrogen-bond donors (Lipinski definition) is 2. The van der Waals surface area contributed by atoms with Gasteiger partial charge in [0.1, 0.15) is 6.04 Å². The quantitative estimate of drug-likeness (QED) is 0.598. The molecular weight excluding hydrogens is 298 g/mol. The van der Waals surface area contributed by atoms with Gasteiger partial charge in [-0.1, -0.05) is 26.0 Å². The zero-order valence-corrected chi connectivity index (χ0v) is 13.9.